The summed E-state index contributed by atoms with van der Waals surface area (Å²) in [5.41, 5.74) is 12.2. The van der Waals surface area contributed by atoms with E-state index in [-0.39, 0.29) is 0 Å². The highest BCUT2D eigenvalue weighted by Gasteiger charge is 2.18. The highest BCUT2D eigenvalue weighted by molar-refractivity contribution is 7.26. The number of rotatable bonds is 5. The van der Waals surface area contributed by atoms with E-state index in [1.165, 1.54) is 53.1 Å². The second-order valence-corrected chi connectivity index (χ2v) is 14.9. The van der Waals surface area contributed by atoms with Crippen LogP contribution in [-0.4, -0.2) is 14.5 Å². The Hall–Kier alpha value is -6.88. The highest BCUT2D eigenvalue weighted by Crippen LogP contribution is 2.42. The molecule has 3 aromatic heterocycles. The van der Waals surface area contributed by atoms with Gasteiger partial charge in [-0.05, 0) is 82.9 Å². The Morgan fingerprint density at radius 1 is 0.370 bits per heavy atom. The zero-order valence-electron chi connectivity index (χ0n) is 29.1. The van der Waals surface area contributed by atoms with Crippen molar-refractivity contribution in [1.82, 2.24) is 14.5 Å². The van der Waals surface area contributed by atoms with Crippen LogP contribution < -0.4 is 0 Å². The number of nitrogens with zero attached hydrogens (tertiary/aromatic N) is 3. The van der Waals surface area contributed by atoms with Crippen LogP contribution in [0.15, 0.2) is 188 Å². The van der Waals surface area contributed by atoms with Crippen molar-refractivity contribution in [2.45, 2.75) is 0 Å². The number of para-hydroxylation sites is 1. The minimum Gasteiger partial charge on any atom is -0.309 e. The lowest BCUT2D eigenvalue weighted by atomic mass is 9.99. The third-order valence-electron chi connectivity index (χ3n) is 10.6. The molecule has 8 aromatic carbocycles. The van der Waals surface area contributed by atoms with Gasteiger partial charge in [0, 0.05) is 53.1 Å². The zero-order valence-corrected chi connectivity index (χ0v) is 30.0. The van der Waals surface area contributed by atoms with Crippen molar-refractivity contribution in [2.75, 3.05) is 0 Å². The van der Waals surface area contributed by atoms with Gasteiger partial charge >= 0.3 is 0 Å². The fourth-order valence-electron chi connectivity index (χ4n) is 8.05. The Balaban J connectivity index is 1.11. The van der Waals surface area contributed by atoms with E-state index < -0.39 is 0 Å². The first-order chi connectivity index (χ1) is 26.8. The standard InChI is InChI=1S/C50H31N3S/c1-4-13-32(14-5-1)35-23-26-43-41(30-35)42-31-36(24-27-44(42)53(43)38-19-8-3-9-20-38)34-17-12-18-37(29-34)50-51-48(33-15-6-2-7-16-33)40-25-28-46-47(49(40)52-50)39-21-10-11-22-45(39)54-46/h1-31H. The van der Waals surface area contributed by atoms with Crippen molar-refractivity contribution in [2.24, 2.45) is 0 Å². The normalized spacial score (nSPS) is 11.7. The molecular formula is C50H31N3S. The van der Waals surface area contributed by atoms with E-state index in [2.05, 4.69) is 193 Å². The van der Waals surface area contributed by atoms with Gasteiger partial charge in [0.2, 0.25) is 0 Å². The van der Waals surface area contributed by atoms with E-state index in [9.17, 15) is 0 Å². The molecule has 4 heteroatoms. The molecule has 0 spiro atoms. The first-order valence-corrected chi connectivity index (χ1v) is 19.1. The van der Waals surface area contributed by atoms with Crippen LogP contribution in [0.4, 0.5) is 0 Å². The largest absolute Gasteiger partial charge is 0.309 e. The van der Waals surface area contributed by atoms with Crippen LogP contribution in [0.1, 0.15) is 0 Å². The molecule has 3 heterocycles. The average Bonchev–Trinajstić information content (AvgIpc) is 3.80. The fourth-order valence-corrected chi connectivity index (χ4v) is 9.16. The van der Waals surface area contributed by atoms with Crippen LogP contribution in [-0.2, 0) is 0 Å². The topological polar surface area (TPSA) is 30.7 Å². The van der Waals surface area contributed by atoms with Crippen molar-refractivity contribution < 1.29 is 0 Å². The van der Waals surface area contributed by atoms with Gasteiger partial charge in [-0.25, -0.2) is 9.97 Å². The molecule has 3 nitrogen and oxygen atoms in total. The summed E-state index contributed by atoms with van der Waals surface area (Å²) < 4.78 is 4.88. The predicted octanol–water partition coefficient (Wildman–Crippen LogP) is 13.8. The lowest BCUT2D eigenvalue weighted by Gasteiger charge is -2.12. The maximum Gasteiger partial charge on any atom is 0.160 e. The number of thiophene rings is 1. The van der Waals surface area contributed by atoms with Crippen molar-refractivity contribution in [3.63, 3.8) is 0 Å². The molecule has 54 heavy (non-hydrogen) atoms. The van der Waals surface area contributed by atoms with Crippen molar-refractivity contribution >= 4 is 64.2 Å². The second-order valence-electron chi connectivity index (χ2n) is 13.8. The lowest BCUT2D eigenvalue weighted by Crippen LogP contribution is -1.96. The van der Waals surface area contributed by atoms with E-state index >= 15 is 0 Å². The molecule has 0 saturated heterocycles. The van der Waals surface area contributed by atoms with Crippen LogP contribution >= 0.6 is 11.3 Å². The van der Waals surface area contributed by atoms with Gasteiger partial charge in [-0.1, -0.05) is 127 Å². The smallest absolute Gasteiger partial charge is 0.160 e. The molecule has 0 fully saturated rings. The van der Waals surface area contributed by atoms with Gasteiger partial charge in [0.15, 0.2) is 5.82 Å². The van der Waals surface area contributed by atoms with Gasteiger partial charge in [-0.3, -0.25) is 0 Å². The van der Waals surface area contributed by atoms with Crippen molar-refractivity contribution in [1.29, 1.82) is 0 Å². The van der Waals surface area contributed by atoms with Crippen LogP contribution in [0.5, 0.6) is 0 Å². The quantitative estimate of drug-likeness (QED) is 0.178. The van der Waals surface area contributed by atoms with Gasteiger partial charge in [0.1, 0.15) is 0 Å². The SMILES string of the molecule is c1ccc(-c2ccc3c(c2)c2cc(-c4cccc(-c5nc(-c6ccccc6)c6ccc7sc8ccccc8c7c6n5)c4)ccc2n3-c2ccccc2)cc1. The minimum absolute atomic E-state index is 0.722. The first-order valence-electron chi connectivity index (χ1n) is 18.2. The summed E-state index contributed by atoms with van der Waals surface area (Å²) in [6.45, 7) is 0. The summed E-state index contributed by atoms with van der Waals surface area (Å²) in [6, 6.07) is 67.3. The number of aromatic nitrogens is 3. The molecule has 252 valence electrons. The van der Waals surface area contributed by atoms with Gasteiger partial charge in [-0.2, -0.15) is 0 Å². The first kappa shape index (κ1) is 30.7. The summed E-state index contributed by atoms with van der Waals surface area (Å²) in [5.74, 6) is 0.722. The molecule has 0 aliphatic rings. The molecule has 0 atom stereocenters. The molecule has 11 aromatic rings. The molecule has 0 amide bonds. The van der Waals surface area contributed by atoms with E-state index in [4.69, 9.17) is 9.97 Å². The molecule has 0 unspecified atom stereocenters. The minimum atomic E-state index is 0.722. The molecule has 0 radical (unpaired) electrons. The van der Waals surface area contributed by atoms with Crippen molar-refractivity contribution in [3.8, 4) is 50.6 Å². The summed E-state index contributed by atoms with van der Waals surface area (Å²) in [5, 5.41) is 5.94. The summed E-state index contributed by atoms with van der Waals surface area (Å²) in [6.07, 6.45) is 0. The van der Waals surface area contributed by atoms with E-state index in [0.717, 1.165) is 50.4 Å². The monoisotopic (exact) mass is 705 g/mol. The molecule has 0 bridgehead atoms. The summed E-state index contributed by atoms with van der Waals surface area (Å²) in [4.78, 5) is 10.7. The molecule has 11 rings (SSSR count). The zero-order chi connectivity index (χ0) is 35.6. The van der Waals surface area contributed by atoms with Crippen LogP contribution in [0.3, 0.4) is 0 Å². The molecular weight excluding hydrogens is 675 g/mol. The fraction of sp³-hybridized carbons (Fsp3) is 0. The van der Waals surface area contributed by atoms with E-state index in [1.807, 2.05) is 11.3 Å². The Morgan fingerprint density at radius 2 is 0.963 bits per heavy atom. The van der Waals surface area contributed by atoms with Gasteiger partial charge in [-0.15, -0.1) is 11.3 Å². The Labute approximate surface area is 316 Å². The number of fused-ring (bicyclic) bond motifs is 8. The predicted molar refractivity (Wildman–Crippen MR) is 229 cm³/mol. The average molecular weight is 706 g/mol. The summed E-state index contributed by atoms with van der Waals surface area (Å²) in [7, 11) is 0. The Morgan fingerprint density at radius 3 is 1.70 bits per heavy atom. The number of hydrogen-bond acceptors (Lipinski definition) is 3. The van der Waals surface area contributed by atoms with Crippen molar-refractivity contribution in [3.05, 3.63) is 188 Å². The maximum atomic E-state index is 5.38. The van der Waals surface area contributed by atoms with Gasteiger partial charge in [0.05, 0.1) is 22.2 Å². The van der Waals surface area contributed by atoms with Crippen LogP contribution in [0, 0.1) is 0 Å². The Bertz CT molecular complexity index is 3200. The van der Waals surface area contributed by atoms with Gasteiger partial charge in [0.25, 0.3) is 0 Å². The second kappa shape index (κ2) is 12.4. The van der Waals surface area contributed by atoms with Crippen LogP contribution in [0.25, 0.3) is 103 Å². The molecule has 0 aliphatic heterocycles. The molecule has 0 aliphatic carbocycles. The lowest BCUT2D eigenvalue weighted by molar-refractivity contribution is 1.18. The third-order valence-corrected chi connectivity index (χ3v) is 11.7. The van der Waals surface area contributed by atoms with Gasteiger partial charge < -0.3 is 4.57 Å². The Kier molecular flexibility index (Phi) is 7.04. The summed E-state index contributed by atoms with van der Waals surface area (Å²) >= 11 is 1.82. The molecule has 0 N–H and O–H groups in total. The molecule has 0 saturated carbocycles. The highest BCUT2D eigenvalue weighted by atomic mass is 32.1. The number of benzene rings is 8. The van der Waals surface area contributed by atoms with Crippen LogP contribution in [0.2, 0.25) is 0 Å². The van der Waals surface area contributed by atoms with E-state index in [1.54, 1.807) is 0 Å². The number of hydrogen-bond donors (Lipinski definition) is 0. The third kappa shape index (κ3) is 4.96. The maximum absolute atomic E-state index is 5.38. The van der Waals surface area contributed by atoms with E-state index in [0.29, 0.717) is 0 Å².